The van der Waals surface area contributed by atoms with Crippen LogP contribution in [0.3, 0.4) is 0 Å². The normalized spacial score (nSPS) is 27.4. The van der Waals surface area contributed by atoms with Gasteiger partial charge < -0.3 is 9.42 Å². The first kappa shape index (κ1) is 9.24. The highest BCUT2D eigenvalue weighted by Crippen LogP contribution is 2.34. The van der Waals surface area contributed by atoms with Crippen LogP contribution in [0.2, 0.25) is 0 Å². The molecule has 1 aromatic rings. The third-order valence-corrected chi connectivity index (χ3v) is 2.79. The number of aromatic nitrogens is 1. The minimum Gasteiger partial charge on any atom is -0.359 e. The molecule has 2 atom stereocenters. The van der Waals surface area contributed by atoms with E-state index in [1.165, 1.54) is 0 Å². The van der Waals surface area contributed by atoms with E-state index < -0.39 is 0 Å². The fourth-order valence-corrected chi connectivity index (χ4v) is 1.94. The average molecular weight is 194 g/mol. The lowest BCUT2D eigenvalue weighted by molar-refractivity contribution is -0.130. The van der Waals surface area contributed by atoms with Gasteiger partial charge >= 0.3 is 0 Å². The molecule has 0 aliphatic carbocycles. The molecule has 0 unspecified atom stereocenters. The number of likely N-dealkylation sites (tertiary alicyclic amines) is 1. The zero-order chi connectivity index (χ0) is 10.3. The molecule has 1 aromatic heterocycles. The Morgan fingerprint density at radius 1 is 1.64 bits per heavy atom. The molecule has 0 aromatic carbocycles. The molecule has 2 rings (SSSR count). The maximum atomic E-state index is 11.6. The third-order valence-electron chi connectivity index (χ3n) is 2.79. The molecule has 1 aliphatic heterocycles. The van der Waals surface area contributed by atoms with Crippen molar-refractivity contribution < 1.29 is 9.32 Å². The van der Waals surface area contributed by atoms with E-state index in [1.807, 2.05) is 27.0 Å². The Labute approximate surface area is 82.9 Å². The molecule has 4 heteroatoms. The van der Waals surface area contributed by atoms with Crippen LogP contribution in [0.1, 0.15) is 30.8 Å². The molecule has 2 heterocycles. The van der Waals surface area contributed by atoms with Crippen molar-refractivity contribution in [2.24, 2.45) is 5.92 Å². The second-order valence-corrected chi connectivity index (χ2v) is 3.97. The zero-order valence-electron chi connectivity index (χ0n) is 8.65. The largest absolute Gasteiger partial charge is 0.359 e. The van der Waals surface area contributed by atoms with Gasteiger partial charge in [0.15, 0.2) is 5.76 Å². The van der Waals surface area contributed by atoms with Crippen molar-refractivity contribution in [2.45, 2.75) is 26.3 Å². The van der Waals surface area contributed by atoms with E-state index in [0.29, 0.717) is 0 Å². The Kier molecular flexibility index (Phi) is 2.06. The molecule has 76 valence electrons. The maximum Gasteiger partial charge on any atom is 0.225 e. The molecular formula is C10H14N2O2. The predicted molar refractivity (Wildman–Crippen MR) is 50.5 cm³/mol. The van der Waals surface area contributed by atoms with Gasteiger partial charge in [0.1, 0.15) is 0 Å². The summed E-state index contributed by atoms with van der Waals surface area (Å²) in [6.07, 6.45) is 0.823. The maximum absolute atomic E-state index is 11.6. The van der Waals surface area contributed by atoms with E-state index >= 15 is 0 Å². The Balaban J connectivity index is 2.25. The highest BCUT2D eigenvalue weighted by Gasteiger charge is 2.37. The lowest BCUT2D eigenvalue weighted by Gasteiger charge is -2.16. The summed E-state index contributed by atoms with van der Waals surface area (Å²) in [6, 6.07) is 1.96. The van der Waals surface area contributed by atoms with Crippen LogP contribution in [0.4, 0.5) is 0 Å². The summed E-state index contributed by atoms with van der Waals surface area (Å²) in [5.41, 5.74) is 0.861. The second kappa shape index (κ2) is 3.12. The van der Waals surface area contributed by atoms with Gasteiger partial charge in [0.2, 0.25) is 5.91 Å². The summed E-state index contributed by atoms with van der Waals surface area (Å²) in [4.78, 5) is 13.3. The second-order valence-electron chi connectivity index (χ2n) is 3.97. The van der Waals surface area contributed by atoms with Gasteiger partial charge in [0.25, 0.3) is 0 Å². The molecule has 14 heavy (non-hydrogen) atoms. The quantitative estimate of drug-likeness (QED) is 0.681. The first-order valence-electron chi connectivity index (χ1n) is 4.79. The number of hydrogen-bond donors (Lipinski definition) is 0. The highest BCUT2D eigenvalue weighted by molar-refractivity contribution is 5.80. The van der Waals surface area contributed by atoms with Crippen LogP contribution in [0.15, 0.2) is 10.6 Å². The molecule has 1 fully saturated rings. The van der Waals surface area contributed by atoms with E-state index in [1.54, 1.807) is 4.90 Å². The first-order chi connectivity index (χ1) is 6.59. The van der Waals surface area contributed by atoms with Crippen molar-refractivity contribution in [3.63, 3.8) is 0 Å². The minimum absolute atomic E-state index is 0.0682. The Morgan fingerprint density at radius 3 is 2.79 bits per heavy atom. The summed E-state index contributed by atoms with van der Waals surface area (Å²) in [5.74, 6) is 1.07. The first-order valence-corrected chi connectivity index (χ1v) is 4.79. The molecule has 0 bridgehead atoms. The van der Waals surface area contributed by atoms with Gasteiger partial charge in [-0.15, -0.1) is 0 Å². The summed E-state index contributed by atoms with van der Waals surface area (Å²) in [5, 5.41) is 3.83. The van der Waals surface area contributed by atoms with Gasteiger partial charge in [0.05, 0.1) is 11.7 Å². The van der Waals surface area contributed by atoms with Crippen molar-refractivity contribution in [3.8, 4) is 0 Å². The van der Waals surface area contributed by atoms with Crippen molar-refractivity contribution in [3.05, 3.63) is 17.5 Å². The average Bonchev–Trinajstić information content (AvgIpc) is 2.66. The topological polar surface area (TPSA) is 46.3 Å². The fourth-order valence-electron chi connectivity index (χ4n) is 1.94. The van der Waals surface area contributed by atoms with Crippen LogP contribution in [0.25, 0.3) is 0 Å². The van der Waals surface area contributed by atoms with Crippen LogP contribution in [0.5, 0.6) is 0 Å². The van der Waals surface area contributed by atoms with Gasteiger partial charge in [0, 0.05) is 19.0 Å². The zero-order valence-corrected chi connectivity index (χ0v) is 8.65. The number of rotatable bonds is 1. The Morgan fingerprint density at radius 2 is 2.36 bits per heavy atom. The fraction of sp³-hybridized carbons (Fsp3) is 0.600. The van der Waals surface area contributed by atoms with E-state index in [9.17, 15) is 4.79 Å². The lowest BCUT2D eigenvalue weighted by Crippen LogP contribution is -2.23. The van der Waals surface area contributed by atoms with Crippen molar-refractivity contribution in [1.82, 2.24) is 10.1 Å². The molecule has 1 amide bonds. The van der Waals surface area contributed by atoms with Crippen molar-refractivity contribution >= 4 is 5.91 Å². The summed E-state index contributed by atoms with van der Waals surface area (Å²) in [6.45, 7) is 3.83. The predicted octanol–water partition coefficient (Wildman–Crippen LogP) is 1.52. The van der Waals surface area contributed by atoms with Gasteiger partial charge in [-0.05, 0) is 13.3 Å². The summed E-state index contributed by atoms with van der Waals surface area (Å²) in [7, 11) is 1.81. The number of carbonyl (C=O) groups is 1. The molecule has 0 saturated carbocycles. The van der Waals surface area contributed by atoms with Gasteiger partial charge in [-0.1, -0.05) is 12.1 Å². The number of amides is 1. The molecule has 1 aliphatic rings. The van der Waals surface area contributed by atoms with Crippen LogP contribution in [-0.4, -0.2) is 23.0 Å². The summed E-state index contributed by atoms with van der Waals surface area (Å²) >= 11 is 0. The van der Waals surface area contributed by atoms with E-state index in [-0.39, 0.29) is 17.9 Å². The molecular weight excluding hydrogens is 180 g/mol. The van der Waals surface area contributed by atoms with E-state index in [4.69, 9.17) is 4.52 Å². The van der Waals surface area contributed by atoms with E-state index in [0.717, 1.165) is 17.9 Å². The summed E-state index contributed by atoms with van der Waals surface area (Å²) < 4.78 is 5.17. The third kappa shape index (κ3) is 1.31. The minimum atomic E-state index is 0.0682. The van der Waals surface area contributed by atoms with Gasteiger partial charge in [-0.2, -0.15) is 0 Å². The van der Waals surface area contributed by atoms with E-state index in [2.05, 4.69) is 5.16 Å². The number of carbonyl (C=O) groups excluding carboxylic acids is 1. The van der Waals surface area contributed by atoms with Crippen LogP contribution < -0.4 is 0 Å². The number of nitrogens with zero attached hydrogens (tertiary/aromatic N) is 2. The van der Waals surface area contributed by atoms with Crippen molar-refractivity contribution in [2.75, 3.05) is 7.05 Å². The number of hydrogen-bond acceptors (Lipinski definition) is 3. The number of aryl methyl sites for hydroxylation is 1. The van der Waals surface area contributed by atoms with Gasteiger partial charge in [-0.3, -0.25) is 4.79 Å². The molecule has 4 nitrogen and oxygen atoms in total. The molecule has 0 N–H and O–H groups in total. The van der Waals surface area contributed by atoms with Gasteiger partial charge in [-0.25, -0.2) is 0 Å². The molecule has 1 saturated heterocycles. The van der Waals surface area contributed by atoms with Crippen LogP contribution in [0, 0.1) is 12.8 Å². The SMILES string of the molecule is Cc1cc([C@H]2C[C@@H](C)C(=O)N2C)on1. The standard InChI is InChI=1S/C10H14N2O2/c1-6-4-8(12(3)10(6)13)9-5-7(2)11-14-9/h5-6,8H,4H2,1-3H3/t6-,8-/m1/s1. The Hall–Kier alpha value is -1.32. The Bertz CT molecular complexity index is 359. The smallest absolute Gasteiger partial charge is 0.225 e. The van der Waals surface area contributed by atoms with Crippen LogP contribution >= 0.6 is 0 Å². The van der Waals surface area contributed by atoms with Crippen molar-refractivity contribution in [1.29, 1.82) is 0 Å². The monoisotopic (exact) mass is 194 g/mol. The molecule has 0 radical (unpaired) electrons. The lowest BCUT2D eigenvalue weighted by atomic mass is 10.1. The van der Waals surface area contributed by atoms with Crippen LogP contribution in [-0.2, 0) is 4.79 Å². The molecule has 0 spiro atoms. The highest BCUT2D eigenvalue weighted by atomic mass is 16.5.